The van der Waals surface area contributed by atoms with Crippen LogP contribution in [0.3, 0.4) is 0 Å². The second-order valence-corrected chi connectivity index (χ2v) is 7.40. The van der Waals surface area contributed by atoms with Gasteiger partial charge in [-0.15, -0.1) is 0 Å². The van der Waals surface area contributed by atoms with Gasteiger partial charge in [0.25, 0.3) is 0 Å². The minimum absolute atomic E-state index is 0.00231. The van der Waals surface area contributed by atoms with Crippen molar-refractivity contribution in [1.82, 2.24) is 5.32 Å². The zero-order valence-corrected chi connectivity index (χ0v) is 12.1. The van der Waals surface area contributed by atoms with Gasteiger partial charge in [0.1, 0.15) is 0 Å². The summed E-state index contributed by atoms with van der Waals surface area (Å²) in [6, 6.07) is 4.76. The summed E-state index contributed by atoms with van der Waals surface area (Å²) in [6.07, 6.45) is 0.604. The first-order valence-corrected chi connectivity index (χ1v) is 8.49. The third-order valence-corrected chi connectivity index (χ3v) is 5.35. The van der Waals surface area contributed by atoms with Gasteiger partial charge in [0.2, 0.25) is 6.79 Å². The Morgan fingerprint density at radius 3 is 2.86 bits per heavy atom. The van der Waals surface area contributed by atoms with Gasteiger partial charge >= 0.3 is 6.03 Å². The standard InChI is InChI=1S/C13H16N2O5S/c16-13(14-6-9-3-4-21(17,18)7-9)15-10-1-2-11-12(5-10)20-8-19-11/h1-2,5,9H,3-4,6-8H2,(H2,14,15,16). The van der Waals surface area contributed by atoms with Crippen LogP contribution in [-0.4, -0.2) is 39.3 Å². The Kier molecular flexibility index (Phi) is 3.62. The molecule has 0 radical (unpaired) electrons. The molecule has 0 aliphatic carbocycles. The molecule has 114 valence electrons. The minimum atomic E-state index is -2.91. The average molecular weight is 312 g/mol. The molecular weight excluding hydrogens is 296 g/mol. The number of ether oxygens (including phenoxy) is 2. The highest BCUT2D eigenvalue weighted by molar-refractivity contribution is 7.91. The van der Waals surface area contributed by atoms with E-state index in [-0.39, 0.29) is 30.2 Å². The molecule has 0 bridgehead atoms. The van der Waals surface area contributed by atoms with Gasteiger partial charge in [0.05, 0.1) is 11.5 Å². The van der Waals surface area contributed by atoms with Crippen LogP contribution in [0, 0.1) is 5.92 Å². The molecule has 0 saturated carbocycles. The van der Waals surface area contributed by atoms with E-state index in [1.165, 1.54) is 0 Å². The first-order valence-electron chi connectivity index (χ1n) is 6.67. The summed E-state index contributed by atoms with van der Waals surface area (Å²) in [7, 11) is -2.91. The maximum atomic E-state index is 11.8. The SMILES string of the molecule is O=C(NCC1CCS(=O)(=O)C1)Nc1ccc2c(c1)OCO2. The molecule has 8 heteroatoms. The molecule has 1 aromatic carbocycles. The molecule has 2 heterocycles. The second kappa shape index (κ2) is 5.44. The first-order chi connectivity index (χ1) is 10.0. The third kappa shape index (κ3) is 3.38. The van der Waals surface area contributed by atoms with Crippen molar-refractivity contribution in [1.29, 1.82) is 0 Å². The second-order valence-electron chi connectivity index (χ2n) is 5.17. The van der Waals surface area contributed by atoms with E-state index < -0.39 is 9.84 Å². The lowest BCUT2D eigenvalue weighted by molar-refractivity contribution is 0.174. The number of benzene rings is 1. The van der Waals surface area contributed by atoms with Gasteiger partial charge in [-0.25, -0.2) is 13.2 Å². The zero-order chi connectivity index (χ0) is 14.9. The summed E-state index contributed by atoms with van der Waals surface area (Å²) in [5.41, 5.74) is 0.593. The number of carbonyl (C=O) groups excluding carboxylic acids is 1. The fraction of sp³-hybridized carbons (Fsp3) is 0.462. The third-order valence-electron chi connectivity index (χ3n) is 3.51. The molecular formula is C13H16N2O5S. The van der Waals surface area contributed by atoms with E-state index in [0.29, 0.717) is 30.2 Å². The molecule has 2 aliphatic rings. The van der Waals surface area contributed by atoms with Crippen LogP contribution in [0.4, 0.5) is 10.5 Å². The Bertz CT molecular complexity index is 659. The number of amides is 2. The average Bonchev–Trinajstić information content (AvgIpc) is 3.02. The van der Waals surface area contributed by atoms with Crippen molar-refractivity contribution >= 4 is 21.6 Å². The first kappa shape index (κ1) is 14.0. The minimum Gasteiger partial charge on any atom is -0.454 e. The molecule has 1 saturated heterocycles. The van der Waals surface area contributed by atoms with Crippen LogP contribution >= 0.6 is 0 Å². The Hall–Kier alpha value is -1.96. The molecule has 0 spiro atoms. The maximum Gasteiger partial charge on any atom is 0.319 e. The summed E-state index contributed by atoms with van der Waals surface area (Å²) < 4.78 is 33.1. The van der Waals surface area contributed by atoms with Crippen LogP contribution in [0.1, 0.15) is 6.42 Å². The number of anilines is 1. The van der Waals surface area contributed by atoms with E-state index in [4.69, 9.17) is 9.47 Å². The number of hydrogen-bond donors (Lipinski definition) is 2. The van der Waals surface area contributed by atoms with E-state index in [1.54, 1.807) is 18.2 Å². The Morgan fingerprint density at radius 1 is 1.29 bits per heavy atom. The number of fused-ring (bicyclic) bond motifs is 1. The zero-order valence-electron chi connectivity index (χ0n) is 11.3. The van der Waals surface area contributed by atoms with Gasteiger partial charge in [0, 0.05) is 18.3 Å². The number of urea groups is 1. The molecule has 3 rings (SSSR count). The van der Waals surface area contributed by atoms with E-state index in [9.17, 15) is 13.2 Å². The number of sulfone groups is 1. The summed E-state index contributed by atoms with van der Waals surface area (Å²) in [6.45, 7) is 0.538. The van der Waals surface area contributed by atoms with Crippen molar-refractivity contribution in [3.05, 3.63) is 18.2 Å². The van der Waals surface area contributed by atoms with Crippen LogP contribution in [0.2, 0.25) is 0 Å². The van der Waals surface area contributed by atoms with Crippen molar-refractivity contribution in [2.45, 2.75) is 6.42 Å². The molecule has 1 aromatic rings. The van der Waals surface area contributed by atoms with E-state index in [2.05, 4.69) is 10.6 Å². The molecule has 2 amide bonds. The Labute approximate surface area is 122 Å². The van der Waals surface area contributed by atoms with Crippen LogP contribution < -0.4 is 20.1 Å². The van der Waals surface area contributed by atoms with Gasteiger partial charge in [-0.3, -0.25) is 0 Å². The highest BCUT2D eigenvalue weighted by atomic mass is 32.2. The van der Waals surface area contributed by atoms with Crippen molar-refractivity contribution in [2.24, 2.45) is 5.92 Å². The smallest absolute Gasteiger partial charge is 0.319 e. The maximum absolute atomic E-state index is 11.8. The van der Waals surface area contributed by atoms with E-state index in [1.807, 2.05) is 0 Å². The molecule has 2 N–H and O–H groups in total. The van der Waals surface area contributed by atoms with Gasteiger partial charge < -0.3 is 20.1 Å². The highest BCUT2D eigenvalue weighted by Crippen LogP contribution is 2.34. The van der Waals surface area contributed by atoms with Gasteiger partial charge in [0.15, 0.2) is 21.3 Å². The fourth-order valence-electron chi connectivity index (χ4n) is 2.42. The number of nitrogens with one attached hydrogen (secondary N) is 2. The molecule has 1 atom stereocenters. The number of rotatable bonds is 3. The monoisotopic (exact) mass is 312 g/mol. The molecule has 1 unspecified atom stereocenters. The van der Waals surface area contributed by atoms with Crippen molar-refractivity contribution in [2.75, 3.05) is 30.2 Å². The predicted octanol–water partition coefficient (Wildman–Crippen LogP) is 0.971. The normalized spacial score (nSPS) is 22.0. The lowest BCUT2D eigenvalue weighted by Gasteiger charge is -2.11. The summed E-state index contributed by atoms with van der Waals surface area (Å²) >= 11 is 0. The van der Waals surface area contributed by atoms with E-state index >= 15 is 0 Å². The lowest BCUT2D eigenvalue weighted by atomic mass is 10.1. The topological polar surface area (TPSA) is 93.7 Å². The van der Waals surface area contributed by atoms with Crippen LogP contribution in [0.25, 0.3) is 0 Å². The largest absolute Gasteiger partial charge is 0.454 e. The summed E-state index contributed by atoms with van der Waals surface area (Å²) in [4.78, 5) is 11.8. The highest BCUT2D eigenvalue weighted by Gasteiger charge is 2.27. The van der Waals surface area contributed by atoms with Gasteiger partial charge in [-0.05, 0) is 24.5 Å². The molecule has 7 nitrogen and oxygen atoms in total. The van der Waals surface area contributed by atoms with E-state index in [0.717, 1.165) is 0 Å². The fourth-order valence-corrected chi connectivity index (χ4v) is 4.28. The lowest BCUT2D eigenvalue weighted by Crippen LogP contribution is -2.33. The number of carbonyl (C=O) groups is 1. The summed E-state index contributed by atoms with van der Waals surface area (Å²) in [5.74, 6) is 1.60. The van der Waals surface area contributed by atoms with Gasteiger partial charge in [-0.1, -0.05) is 0 Å². The van der Waals surface area contributed by atoms with Gasteiger partial charge in [-0.2, -0.15) is 0 Å². The summed E-state index contributed by atoms with van der Waals surface area (Å²) in [5, 5.41) is 5.37. The molecule has 21 heavy (non-hydrogen) atoms. The van der Waals surface area contributed by atoms with Crippen LogP contribution in [0.5, 0.6) is 11.5 Å². The van der Waals surface area contributed by atoms with Crippen molar-refractivity contribution in [3.8, 4) is 11.5 Å². The predicted molar refractivity (Wildman–Crippen MR) is 76.3 cm³/mol. The van der Waals surface area contributed by atoms with Crippen molar-refractivity contribution in [3.63, 3.8) is 0 Å². The Morgan fingerprint density at radius 2 is 2.10 bits per heavy atom. The Balaban J connectivity index is 1.50. The quantitative estimate of drug-likeness (QED) is 0.867. The number of hydrogen-bond acceptors (Lipinski definition) is 5. The van der Waals surface area contributed by atoms with Crippen LogP contribution in [-0.2, 0) is 9.84 Å². The molecule has 0 aromatic heterocycles. The van der Waals surface area contributed by atoms with Crippen molar-refractivity contribution < 1.29 is 22.7 Å². The molecule has 2 aliphatic heterocycles. The molecule has 1 fully saturated rings. The van der Waals surface area contributed by atoms with Crippen LogP contribution in [0.15, 0.2) is 18.2 Å².